The molecule has 0 saturated carbocycles. The predicted molar refractivity (Wildman–Crippen MR) is 114 cm³/mol. The Morgan fingerprint density at radius 1 is 1.10 bits per heavy atom. The van der Waals surface area contributed by atoms with Crippen LogP contribution in [0, 0.1) is 18.7 Å². The van der Waals surface area contributed by atoms with Crippen molar-refractivity contribution in [3.05, 3.63) is 53.3 Å². The van der Waals surface area contributed by atoms with Crippen molar-refractivity contribution in [3.8, 4) is 11.5 Å². The van der Waals surface area contributed by atoms with Crippen LogP contribution in [0.1, 0.15) is 31.4 Å². The first kappa shape index (κ1) is 23.0. The molecule has 1 heterocycles. The lowest BCUT2D eigenvalue weighted by Gasteiger charge is -2.22. The first-order valence-electron chi connectivity index (χ1n) is 10.1. The third-order valence-electron chi connectivity index (χ3n) is 4.96. The van der Waals surface area contributed by atoms with Crippen LogP contribution in [0.25, 0.3) is 0 Å². The van der Waals surface area contributed by atoms with E-state index in [-0.39, 0.29) is 23.2 Å². The summed E-state index contributed by atoms with van der Waals surface area (Å²) in [6.45, 7) is 6.16. The quantitative estimate of drug-likeness (QED) is 0.677. The lowest BCUT2D eigenvalue weighted by molar-refractivity contribution is -0.123. The smallest absolute Gasteiger partial charge is 0.241 e. The van der Waals surface area contributed by atoms with E-state index in [9.17, 15) is 17.6 Å². The Kier molecular flexibility index (Phi) is 7.17. The maximum atomic E-state index is 13.7. The summed E-state index contributed by atoms with van der Waals surface area (Å²) in [5.41, 5.74) is 1.10. The molecular weight excluding hydrogens is 423 g/mol. The second-order valence-electron chi connectivity index (χ2n) is 7.80. The van der Waals surface area contributed by atoms with E-state index >= 15 is 0 Å². The van der Waals surface area contributed by atoms with Crippen molar-refractivity contribution in [2.24, 2.45) is 5.92 Å². The van der Waals surface area contributed by atoms with Gasteiger partial charge in [-0.1, -0.05) is 26.0 Å². The van der Waals surface area contributed by atoms with Crippen molar-refractivity contribution < 1.29 is 27.1 Å². The summed E-state index contributed by atoms with van der Waals surface area (Å²) in [5, 5.41) is 2.68. The molecule has 2 aromatic carbocycles. The van der Waals surface area contributed by atoms with Gasteiger partial charge in [0.2, 0.25) is 15.9 Å². The van der Waals surface area contributed by atoms with Gasteiger partial charge in [-0.05, 0) is 42.2 Å². The topological polar surface area (TPSA) is 93.7 Å². The number of carbonyl (C=O) groups excluding carboxylic acids is 1. The second-order valence-corrected chi connectivity index (χ2v) is 9.52. The van der Waals surface area contributed by atoms with Crippen molar-refractivity contribution in [2.45, 2.75) is 44.7 Å². The van der Waals surface area contributed by atoms with Crippen LogP contribution in [0.3, 0.4) is 0 Å². The molecular formula is C22H27FN2O5S. The number of hydrogen-bond donors (Lipinski definition) is 2. The number of sulfonamides is 1. The lowest BCUT2D eigenvalue weighted by atomic mass is 10.0. The zero-order chi connectivity index (χ0) is 22.6. The predicted octanol–water partition coefficient (Wildman–Crippen LogP) is 2.91. The highest BCUT2D eigenvalue weighted by Crippen LogP contribution is 2.32. The van der Waals surface area contributed by atoms with Gasteiger partial charge < -0.3 is 14.8 Å². The van der Waals surface area contributed by atoms with Gasteiger partial charge in [0.25, 0.3) is 0 Å². The van der Waals surface area contributed by atoms with Crippen molar-refractivity contribution >= 4 is 15.9 Å². The van der Waals surface area contributed by atoms with E-state index in [0.717, 1.165) is 0 Å². The maximum absolute atomic E-state index is 13.7. The Labute approximate surface area is 182 Å². The van der Waals surface area contributed by atoms with Crippen LogP contribution in [0.5, 0.6) is 11.5 Å². The van der Waals surface area contributed by atoms with Gasteiger partial charge in [-0.3, -0.25) is 4.79 Å². The minimum atomic E-state index is -4.00. The normalized spacial score (nSPS) is 14.7. The summed E-state index contributed by atoms with van der Waals surface area (Å²) >= 11 is 0. The molecule has 9 heteroatoms. The summed E-state index contributed by atoms with van der Waals surface area (Å²) in [6.07, 6.45) is 0.704. The number of halogens is 1. The summed E-state index contributed by atoms with van der Waals surface area (Å²) in [7, 11) is -4.00. The minimum absolute atomic E-state index is 0.0178. The molecule has 0 aromatic heterocycles. The number of carbonyl (C=O) groups is 1. The van der Waals surface area contributed by atoms with Gasteiger partial charge in [-0.25, -0.2) is 12.8 Å². The molecule has 0 saturated heterocycles. The average Bonchev–Trinajstić information content (AvgIpc) is 2.97. The van der Waals surface area contributed by atoms with E-state index in [1.165, 1.54) is 18.2 Å². The fraction of sp³-hybridized carbons (Fsp3) is 0.409. The molecule has 7 nitrogen and oxygen atoms in total. The SMILES string of the molecule is Cc1ccc(CNC(=O)[C@@H](NS(=O)(=O)c2ccc3c(c2)OCCCO3)C(C)C)cc1F. The number of benzene rings is 2. The van der Waals surface area contributed by atoms with Gasteiger partial charge in [0, 0.05) is 19.0 Å². The highest BCUT2D eigenvalue weighted by atomic mass is 32.2. The van der Waals surface area contributed by atoms with Gasteiger partial charge in [-0.15, -0.1) is 0 Å². The molecule has 1 aliphatic heterocycles. The average molecular weight is 451 g/mol. The van der Waals surface area contributed by atoms with Gasteiger partial charge in [0.1, 0.15) is 11.9 Å². The van der Waals surface area contributed by atoms with Crippen LogP contribution in [0.2, 0.25) is 0 Å². The highest BCUT2D eigenvalue weighted by Gasteiger charge is 2.29. The fourth-order valence-corrected chi connectivity index (χ4v) is 4.44. The van der Waals surface area contributed by atoms with Gasteiger partial charge in [0.15, 0.2) is 11.5 Å². The monoisotopic (exact) mass is 450 g/mol. The van der Waals surface area contributed by atoms with Gasteiger partial charge >= 0.3 is 0 Å². The standard InChI is InChI=1S/C22H27FN2O5S/c1-14(2)21(22(26)24-13-16-6-5-15(3)18(23)11-16)25-31(27,28)17-7-8-19-20(12-17)30-10-4-9-29-19/h5-8,11-12,14,21,25H,4,9-10,13H2,1-3H3,(H,24,26)/t21-/m0/s1. The van der Waals surface area contributed by atoms with Crippen LogP contribution in [0.4, 0.5) is 4.39 Å². The zero-order valence-electron chi connectivity index (χ0n) is 17.8. The van der Waals surface area contributed by atoms with E-state index in [1.807, 2.05) is 0 Å². The van der Waals surface area contributed by atoms with Crippen LogP contribution in [0.15, 0.2) is 41.3 Å². The fourth-order valence-electron chi connectivity index (χ4n) is 3.08. The van der Waals surface area contributed by atoms with Gasteiger partial charge in [0.05, 0.1) is 18.1 Å². The number of amides is 1. The highest BCUT2D eigenvalue weighted by molar-refractivity contribution is 7.89. The summed E-state index contributed by atoms with van der Waals surface area (Å²) in [4.78, 5) is 12.7. The first-order chi connectivity index (χ1) is 14.7. The van der Waals surface area contributed by atoms with E-state index < -0.39 is 22.0 Å². The van der Waals surface area contributed by atoms with Crippen LogP contribution < -0.4 is 19.5 Å². The second kappa shape index (κ2) is 9.65. The number of fused-ring (bicyclic) bond motifs is 1. The molecule has 0 unspecified atom stereocenters. The molecule has 31 heavy (non-hydrogen) atoms. The summed E-state index contributed by atoms with van der Waals surface area (Å²) in [5.74, 6) is -0.326. The number of nitrogens with one attached hydrogen (secondary N) is 2. The van der Waals surface area contributed by atoms with E-state index in [1.54, 1.807) is 39.0 Å². The molecule has 1 amide bonds. The maximum Gasteiger partial charge on any atom is 0.241 e. The van der Waals surface area contributed by atoms with Crippen molar-refractivity contribution in [2.75, 3.05) is 13.2 Å². The Bertz CT molecular complexity index is 1060. The Hall–Kier alpha value is -2.65. The number of hydrogen-bond acceptors (Lipinski definition) is 5. The molecule has 0 aliphatic carbocycles. The minimum Gasteiger partial charge on any atom is -0.490 e. The van der Waals surface area contributed by atoms with E-state index in [0.29, 0.717) is 42.3 Å². The van der Waals surface area contributed by atoms with E-state index in [4.69, 9.17) is 9.47 Å². The molecule has 2 N–H and O–H groups in total. The lowest BCUT2D eigenvalue weighted by Crippen LogP contribution is -2.49. The van der Waals surface area contributed by atoms with Gasteiger partial charge in [-0.2, -0.15) is 4.72 Å². The molecule has 0 radical (unpaired) electrons. The van der Waals surface area contributed by atoms with Crippen LogP contribution >= 0.6 is 0 Å². The molecule has 0 fully saturated rings. The molecule has 0 spiro atoms. The number of rotatable bonds is 7. The van der Waals surface area contributed by atoms with E-state index in [2.05, 4.69) is 10.0 Å². The first-order valence-corrected chi connectivity index (χ1v) is 11.6. The Balaban J connectivity index is 1.73. The third kappa shape index (κ3) is 5.74. The molecule has 1 aliphatic rings. The van der Waals surface area contributed by atoms with Crippen LogP contribution in [-0.4, -0.2) is 33.6 Å². The van der Waals surface area contributed by atoms with Crippen molar-refractivity contribution in [3.63, 3.8) is 0 Å². The molecule has 168 valence electrons. The number of aryl methyl sites for hydroxylation is 1. The molecule has 0 bridgehead atoms. The Morgan fingerprint density at radius 2 is 1.81 bits per heavy atom. The molecule has 2 aromatic rings. The molecule has 1 atom stereocenters. The largest absolute Gasteiger partial charge is 0.490 e. The third-order valence-corrected chi connectivity index (χ3v) is 6.40. The van der Waals surface area contributed by atoms with Crippen LogP contribution in [-0.2, 0) is 21.4 Å². The Morgan fingerprint density at radius 3 is 2.48 bits per heavy atom. The zero-order valence-corrected chi connectivity index (χ0v) is 18.6. The van der Waals surface area contributed by atoms with Crippen molar-refractivity contribution in [1.29, 1.82) is 0 Å². The number of ether oxygens (including phenoxy) is 2. The van der Waals surface area contributed by atoms with Crippen molar-refractivity contribution in [1.82, 2.24) is 10.0 Å². The summed E-state index contributed by atoms with van der Waals surface area (Å²) in [6, 6.07) is 8.05. The molecule has 3 rings (SSSR count). The summed E-state index contributed by atoms with van der Waals surface area (Å²) < 4.78 is 53.2.